The monoisotopic (exact) mass is 966 g/mol. The molecule has 11 rings (SSSR count). The van der Waals surface area contributed by atoms with E-state index in [0.29, 0.717) is 54.2 Å². The topological polar surface area (TPSA) is 35.6 Å². The molecule has 350 valence electrons. The van der Waals surface area contributed by atoms with Crippen molar-refractivity contribution in [3.63, 3.8) is 0 Å². The first kappa shape index (κ1) is 46.2. The van der Waals surface area contributed by atoms with Crippen molar-refractivity contribution in [2.24, 2.45) is 0 Å². The Labute approximate surface area is 414 Å². The third kappa shape index (κ3) is 7.38. The first-order chi connectivity index (χ1) is 33.0. The number of hydrogen-bond donors (Lipinski definition) is 0. The fourth-order valence-corrected chi connectivity index (χ4v) is 13.1. The molecule has 0 aliphatic rings. The zero-order chi connectivity index (χ0) is 49.6. The highest BCUT2D eigenvalue weighted by molar-refractivity contribution is 7.23. The maximum atomic E-state index is 15.8. The van der Waals surface area contributed by atoms with E-state index in [4.69, 9.17) is 9.97 Å². The van der Waals surface area contributed by atoms with E-state index in [1.54, 1.807) is 0 Å². The van der Waals surface area contributed by atoms with Gasteiger partial charge in [-0.15, -0.1) is 22.7 Å². The van der Waals surface area contributed by atoms with E-state index in [9.17, 15) is 0 Å². The zero-order valence-corrected chi connectivity index (χ0v) is 43.1. The Hall–Kier alpha value is -6.23. The minimum Gasteiger partial charge on any atom is -0.324 e. The second-order valence-corrected chi connectivity index (χ2v) is 23.5. The number of benzene rings is 7. The van der Waals surface area contributed by atoms with Gasteiger partial charge in [-0.05, 0) is 169 Å². The molecule has 7 aromatic carbocycles. The predicted octanol–water partition coefficient (Wildman–Crippen LogP) is 17.8. The summed E-state index contributed by atoms with van der Waals surface area (Å²) in [4.78, 5) is 10.5. The lowest BCUT2D eigenvalue weighted by molar-refractivity contribution is 0.590. The highest BCUT2D eigenvalue weighted by atomic mass is 32.1. The Morgan fingerprint density at radius 1 is 0.443 bits per heavy atom. The van der Waals surface area contributed by atoms with Gasteiger partial charge in [0.15, 0.2) is 0 Å². The predicted molar refractivity (Wildman–Crippen MR) is 293 cm³/mol. The van der Waals surface area contributed by atoms with Crippen LogP contribution in [0.5, 0.6) is 0 Å². The minimum absolute atomic E-state index is 0.175. The Bertz CT molecular complexity index is 3910. The molecule has 0 amide bonds. The molecule has 0 atom stereocenters. The third-order valence-corrected chi connectivity index (χ3v) is 16.3. The molecular weight excluding hydrogens is 914 g/mol. The lowest BCUT2D eigenvalue weighted by Crippen LogP contribution is -2.14. The zero-order valence-electron chi connectivity index (χ0n) is 41.5. The number of nitrogens with zero attached hydrogens (tertiary/aromatic N) is 4. The van der Waals surface area contributed by atoms with Crippen LogP contribution in [0.1, 0.15) is 86.1 Å². The van der Waals surface area contributed by atoms with Gasteiger partial charge in [0, 0.05) is 43.7 Å². The van der Waals surface area contributed by atoms with Crippen molar-refractivity contribution in [1.29, 1.82) is 0 Å². The summed E-state index contributed by atoms with van der Waals surface area (Å²) in [5.41, 5.74) is 17.1. The summed E-state index contributed by atoms with van der Waals surface area (Å²) in [5.74, 6) is 0. The van der Waals surface area contributed by atoms with Crippen LogP contribution in [0.2, 0.25) is 0 Å². The first-order valence-corrected chi connectivity index (χ1v) is 25.4. The standard InChI is InChI=1S/C58H52B2F4N4S2/c1-29-17-31(3)51(32(4)18-29)35-13-15-47-39(21-35)41-22-36(52-33(5)19-30(2)20-34(52)6)23-43(53(41)67(47)59(61)62)55-65-45-27-50-46(28-49(45)69-55)66-56(70-50)44-26-38(58(10,11)12)25-42-40-24-37(57(7,8)9)14-16-48(40)68(54(42)44)60(63)64/h13-28H,1-12H3. The van der Waals surface area contributed by atoms with Gasteiger partial charge < -0.3 is 8.96 Å². The normalized spacial score (nSPS) is 12.6. The lowest BCUT2D eigenvalue weighted by atomic mass is 9.84. The van der Waals surface area contributed by atoms with Crippen molar-refractivity contribution < 1.29 is 17.3 Å². The van der Waals surface area contributed by atoms with E-state index in [1.807, 2.05) is 48.5 Å². The lowest BCUT2D eigenvalue weighted by Gasteiger charge is -2.21. The average molecular weight is 967 g/mol. The summed E-state index contributed by atoms with van der Waals surface area (Å²) in [6, 6.07) is 32.6. The van der Waals surface area contributed by atoms with Gasteiger partial charge in [-0.3, -0.25) is 17.3 Å². The molecule has 0 spiro atoms. The maximum Gasteiger partial charge on any atom is 0.678 e. The first-order valence-electron chi connectivity index (χ1n) is 23.7. The molecule has 4 aromatic heterocycles. The molecule has 0 fully saturated rings. The van der Waals surface area contributed by atoms with Crippen molar-refractivity contribution >= 4 is 102 Å². The summed E-state index contributed by atoms with van der Waals surface area (Å²) in [7, 11) is -5.60. The summed E-state index contributed by atoms with van der Waals surface area (Å²) >= 11 is 2.90. The average Bonchev–Trinajstić information content (AvgIpc) is 4.03. The number of fused-ring (bicyclic) bond motifs is 8. The highest BCUT2D eigenvalue weighted by Crippen LogP contribution is 2.47. The number of hydrogen-bond acceptors (Lipinski definition) is 4. The van der Waals surface area contributed by atoms with Crippen molar-refractivity contribution in [2.75, 3.05) is 0 Å². The fraction of sp³-hybridized carbons (Fsp3) is 0.241. The number of rotatable bonds is 6. The van der Waals surface area contributed by atoms with Gasteiger partial charge in [-0.2, -0.15) is 0 Å². The molecule has 70 heavy (non-hydrogen) atoms. The van der Waals surface area contributed by atoms with Crippen molar-refractivity contribution in [3.8, 4) is 43.4 Å². The molecule has 0 bridgehead atoms. The second kappa shape index (κ2) is 16.2. The van der Waals surface area contributed by atoms with Crippen LogP contribution in [0.15, 0.2) is 97.1 Å². The molecule has 0 N–H and O–H groups in total. The van der Waals surface area contributed by atoms with Crippen molar-refractivity contribution in [1.82, 2.24) is 18.9 Å². The van der Waals surface area contributed by atoms with Crippen LogP contribution in [0.4, 0.5) is 17.3 Å². The van der Waals surface area contributed by atoms with E-state index in [1.165, 1.54) is 32.7 Å². The quantitative estimate of drug-likeness (QED) is 0.123. The van der Waals surface area contributed by atoms with E-state index >= 15 is 17.3 Å². The molecule has 4 heterocycles. The molecule has 0 saturated carbocycles. The number of aryl methyl sites for hydroxylation is 6. The molecule has 4 nitrogen and oxygen atoms in total. The largest absolute Gasteiger partial charge is 0.678 e. The van der Waals surface area contributed by atoms with Gasteiger partial charge >= 0.3 is 14.8 Å². The Kier molecular flexibility index (Phi) is 10.7. The minimum atomic E-state index is -2.82. The maximum absolute atomic E-state index is 15.8. The van der Waals surface area contributed by atoms with Crippen LogP contribution in [0.25, 0.3) is 107 Å². The second-order valence-electron chi connectivity index (χ2n) is 21.5. The molecule has 0 saturated heterocycles. The fourth-order valence-electron chi connectivity index (χ4n) is 11.1. The Morgan fingerprint density at radius 3 is 1.34 bits per heavy atom. The molecule has 0 aliphatic heterocycles. The smallest absolute Gasteiger partial charge is 0.324 e. The van der Waals surface area contributed by atoms with E-state index in [-0.39, 0.29) is 10.8 Å². The molecule has 11 aromatic rings. The molecule has 0 unspecified atom stereocenters. The third-order valence-electron chi connectivity index (χ3n) is 14.2. The van der Waals surface area contributed by atoms with Crippen molar-refractivity contribution in [2.45, 2.75) is 93.9 Å². The van der Waals surface area contributed by atoms with Crippen LogP contribution in [0.3, 0.4) is 0 Å². The van der Waals surface area contributed by atoms with Crippen LogP contribution >= 0.6 is 22.7 Å². The van der Waals surface area contributed by atoms with Gasteiger partial charge in [-0.1, -0.05) is 89.1 Å². The van der Waals surface area contributed by atoms with Gasteiger partial charge in [-0.25, -0.2) is 9.97 Å². The van der Waals surface area contributed by atoms with Crippen LogP contribution < -0.4 is 0 Å². The Morgan fingerprint density at radius 2 is 0.857 bits per heavy atom. The summed E-state index contributed by atoms with van der Waals surface area (Å²) < 4.78 is 66.3. The number of halogens is 4. The molecule has 12 heteroatoms. The highest BCUT2D eigenvalue weighted by Gasteiger charge is 2.31. The number of thiazole rings is 2. The summed E-state index contributed by atoms with van der Waals surface area (Å²) in [6.07, 6.45) is 0. The van der Waals surface area contributed by atoms with Crippen LogP contribution in [0, 0.1) is 41.5 Å². The van der Waals surface area contributed by atoms with E-state index in [2.05, 4.69) is 132 Å². The van der Waals surface area contributed by atoms with Crippen LogP contribution in [-0.4, -0.2) is 33.7 Å². The van der Waals surface area contributed by atoms with E-state index < -0.39 is 14.8 Å². The van der Waals surface area contributed by atoms with E-state index in [0.717, 1.165) is 96.6 Å². The molecular formula is C58H52B2F4N4S2. The molecule has 0 radical (unpaired) electrons. The number of aromatic nitrogens is 4. The SMILES string of the molecule is Cc1cc(C)c(-c2ccc3c(c2)c2cc(-c4c(C)cc(C)cc4C)cc(-c4nc5cc6sc(-c7cc(C(C)(C)C)cc8c9cc(C(C)(C)C)ccc9n(B(F)F)c78)nc6cc5s4)c2n3B(F)F)c(C)c1. The summed E-state index contributed by atoms with van der Waals surface area (Å²) in [6.45, 7) is 25.4. The molecule has 0 aliphatic carbocycles. The van der Waals surface area contributed by atoms with Gasteiger partial charge in [0.1, 0.15) is 10.0 Å². The Balaban J connectivity index is 1.13. The van der Waals surface area contributed by atoms with Gasteiger partial charge in [0.25, 0.3) is 0 Å². The van der Waals surface area contributed by atoms with Crippen LogP contribution in [-0.2, 0) is 10.8 Å². The summed E-state index contributed by atoms with van der Waals surface area (Å²) in [5, 5.41) is 4.31. The van der Waals surface area contributed by atoms with Gasteiger partial charge in [0.2, 0.25) is 0 Å². The van der Waals surface area contributed by atoms with Gasteiger partial charge in [0.05, 0.1) is 31.5 Å². The van der Waals surface area contributed by atoms with Crippen molar-refractivity contribution in [3.05, 3.63) is 142 Å².